The highest BCUT2D eigenvalue weighted by molar-refractivity contribution is 7.89. The number of nitrogens with one attached hydrogen (secondary N) is 1. The molecular formula is C14H15N3O3S. The van der Waals surface area contributed by atoms with Gasteiger partial charge in [0.1, 0.15) is 0 Å². The fraction of sp³-hybridized carbons (Fsp3) is 0.143. The number of benzene rings is 1. The predicted octanol–water partition coefficient (Wildman–Crippen LogP) is 0.967. The highest BCUT2D eigenvalue weighted by Gasteiger charge is 2.09. The summed E-state index contributed by atoms with van der Waals surface area (Å²) >= 11 is 0. The van der Waals surface area contributed by atoms with Gasteiger partial charge in [0.25, 0.3) is 5.91 Å². The Morgan fingerprint density at radius 3 is 2.71 bits per heavy atom. The number of hydrogen-bond acceptors (Lipinski definition) is 4. The van der Waals surface area contributed by atoms with Gasteiger partial charge in [-0.2, -0.15) is 0 Å². The van der Waals surface area contributed by atoms with Crippen LogP contribution in [0.1, 0.15) is 21.6 Å². The molecule has 110 valence electrons. The first-order chi connectivity index (χ1) is 9.86. The van der Waals surface area contributed by atoms with Crippen molar-refractivity contribution in [2.24, 2.45) is 5.14 Å². The lowest BCUT2D eigenvalue weighted by molar-refractivity contribution is 0.0950. The molecule has 6 nitrogen and oxygen atoms in total. The number of hydrogen-bond donors (Lipinski definition) is 2. The minimum atomic E-state index is -3.74. The Kier molecular flexibility index (Phi) is 4.35. The third kappa shape index (κ3) is 4.11. The molecule has 0 aliphatic rings. The first-order valence-electron chi connectivity index (χ1n) is 6.19. The summed E-state index contributed by atoms with van der Waals surface area (Å²) in [5.74, 6) is -0.249. The second-order valence-electron chi connectivity index (χ2n) is 4.56. The molecule has 0 atom stereocenters. The highest BCUT2D eigenvalue weighted by atomic mass is 32.2. The number of primary sulfonamides is 1. The van der Waals surface area contributed by atoms with Gasteiger partial charge in [-0.05, 0) is 36.8 Å². The molecule has 0 aliphatic carbocycles. The van der Waals surface area contributed by atoms with Gasteiger partial charge in [-0.1, -0.05) is 12.1 Å². The van der Waals surface area contributed by atoms with Crippen molar-refractivity contribution < 1.29 is 13.2 Å². The van der Waals surface area contributed by atoms with Gasteiger partial charge in [-0.15, -0.1) is 0 Å². The second-order valence-corrected chi connectivity index (χ2v) is 6.12. The third-order valence-electron chi connectivity index (χ3n) is 2.84. The maximum absolute atomic E-state index is 12.0. The van der Waals surface area contributed by atoms with Gasteiger partial charge < -0.3 is 5.32 Å². The van der Waals surface area contributed by atoms with Crippen molar-refractivity contribution >= 4 is 15.9 Å². The molecule has 0 radical (unpaired) electrons. The minimum Gasteiger partial charge on any atom is -0.348 e. The normalized spacial score (nSPS) is 11.1. The summed E-state index contributed by atoms with van der Waals surface area (Å²) in [5, 5.41) is 7.79. The van der Waals surface area contributed by atoms with Crippen LogP contribution >= 0.6 is 0 Å². The van der Waals surface area contributed by atoms with Crippen LogP contribution in [0.25, 0.3) is 0 Å². The number of aryl methyl sites for hydroxylation is 1. The smallest absolute Gasteiger partial charge is 0.251 e. The Morgan fingerprint density at radius 2 is 2.05 bits per heavy atom. The Bertz CT molecular complexity index is 773. The van der Waals surface area contributed by atoms with Crippen LogP contribution in [0.4, 0.5) is 0 Å². The van der Waals surface area contributed by atoms with Gasteiger partial charge >= 0.3 is 0 Å². The van der Waals surface area contributed by atoms with Crippen LogP contribution in [-0.2, 0) is 16.6 Å². The van der Waals surface area contributed by atoms with E-state index in [4.69, 9.17) is 5.14 Å². The number of carbonyl (C=O) groups is 1. The third-order valence-corrected chi connectivity index (χ3v) is 3.75. The van der Waals surface area contributed by atoms with Gasteiger partial charge in [0, 0.05) is 24.0 Å². The molecule has 0 saturated heterocycles. The van der Waals surface area contributed by atoms with Crippen LogP contribution < -0.4 is 10.5 Å². The molecule has 7 heteroatoms. The summed E-state index contributed by atoms with van der Waals surface area (Å²) in [5.41, 5.74) is 1.91. The molecule has 3 N–H and O–H groups in total. The summed E-state index contributed by atoms with van der Waals surface area (Å²) in [6.45, 7) is 2.01. The lowest BCUT2D eigenvalue weighted by Gasteiger charge is -2.07. The zero-order chi connectivity index (χ0) is 15.5. The minimum absolute atomic E-state index is 0.0222. The highest BCUT2D eigenvalue weighted by Crippen LogP contribution is 2.10. The fourth-order valence-electron chi connectivity index (χ4n) is 1.80. The van der Waals surface area contributed by atoms with E-state index >= 15 is 0 Å². The van der Waals surface area contributed by atoms with Gasteiger partial charge in [0.15, 0.2) is 0 Å². The fourth-order valence-corrected chi connectivity index (χ4v) is 2.39. The van der Waals surface area contributed by atoms with E-state index in [1.165, 1.54) is 12.1 Å². The largest absolute Gasteiger partial charge is 0.348 e. The van der Waals surface area contributed by atoms with Crippen molar-refractivity contribution in [1.82, 2.24) is 10.3 Å². The molecule has 0 fully saturated rings. The monoisotopic (exact) mass is 305 g/mol. The van der Waals surface area contributed by atoms with Gasteiger partial charge in [0.2, 0.25) is 10.0 Å². The molecule has 1 amide bonds. The summed E-state index contributed by atoms with van der Waals surface area (Å²) in [6.07, 6.45) is 1.56. The number of sulfonamides is 1. The first-order valence-corrected chi connectivity index (χ1v) is 7.73. The average molecular weight is 305 g/mol. The molecule has 0 spiro atoms. The number of nitrogens with two attached hydrogens (primary N) is 1. The van der Waals surface area contributed by atoms with Gasteiger partial charge in [0.05, 0.1) is 4.90 Å². The summed E-state index contributed by atoms with van der Waals surface area (Å²) < 4.78 is 22.5. The van der Waals surface area contributed by atoms with Crippen molar-refractivity contribution in [3.63, 3.8) is 0 Å². The van der Waals surface area contributed by atoms with E-state index in [-0.39, 0.29) is 17.3 Å². The van der Waals surface area contributed by atoms with E-state index < -0.39 is 10.0 Å². The van der Waals surface area contributed by atoms with E-state index in [0.29, 0.717) is 11.1 Å². The van der Waals surface area contributed by atoms with Crippen LogP contribution in [0.2, 0.25) is 0 Å². The number of carbonyl (C=O) groups excluding carboxylic acids is 1. The van der Waals surface area contributed by atoms with Crippen molar-refractivity contribution in [3.8, 4) is 0 Å². The van der Waals surface area contributed by atoms with Crippen LogP contribution in [0.3, 0.4) is 0 Å². The number of rotatable bonds is 4. The number of aromatic nitrogens is 1. The van der Waals surface area contributed by atoms with Crippen molar-refractivity contribution in [2.75, 3.05) is 0 Å². The Morgan fingerprint density at radius 1 is 1.29 bits per heavy atom. The van der Waals surface area contributed by atoms with Gasteiger partial charge in [-0.3, -0.25) is 9.78 Å². The van der Waals surface area contributed by atoms with Gasteiger partial charge in [-0.25, -0.2) is 13.6 Å². The molecule has 1 aromatic carbocycles. The molecule has 1 heterocycles. The van der Waals surface area contributed by atoms with E-state index in [2.05, 4.69) is 10.3 Å². The molecule has 21 heavy (non-hydrogen) atoms. The second kappa shape index (κ2) is 6.02. The Hall–Kier alpha value is -2.25. The summed E-state index contributed by atoms with van der Waals surface area (Å²) in [4.78, 5) is 16.0. The van der Waals surface area contributed by atoms with E-state index in [1.807, 2.05) is 0 Å². The van der Waals surface area contributed by atoms with Crippen molar-refractivity contribution in [1.29, 1.82) is 0 Å². The maximum Gasteiger partial charge on any atom is 0.251 e. The van der Waals surface area contributed by atoms with Crippen LogP contribution in [-0.4, -0.2) is 19.3 Å². The standard InChI is InChI=1S/C14H15N3O3S/c1-10-7-12(5-6-16-10)14(18)17-9-11-3-2-4-13(8-11)21(15,19)20/h2-8H,9H2,1H3,(H,17,18)(H2,15,19,20). The van der Waals surface area contributed by atoms with Crippen LogP contribution in [0.15, 0.2) is 47.5 Å². The Labute approximate surface area is 123 Å². The molecule has 0 saturated carbocycles. The molecule has 2 aromatic rings. The van der Waals surface area contributed by atoms with E-state index in [1.54, 1.807) is 37.4 Å². The van der Waals surface area contributed by atoms with E-state index in [0.717, 1.165) is 5.69 Å². The number of pyridine rings is 1. The summed E-state index contributed by atoms with van der Waals surface area (Å²) in [6, 6.07) is 9.43. The summed E-state index contributed by atoms with van der Waals surface area (Å²) in [7, 11) is -3.74. The lowest BCUT2D eigenvalue weighted by Crippen LogP contribution is -2.23. The maximum atomic E-state index is 12.0. The molecule has 0 aliphatic heterocycles. The Balaban J connectivity index is 2.08. The van der Waals surface area contributed by atoms with Crippen LogP contribution in [0, 0.1) is 6.92 Å². The number of amides is 1. The number of nitrogens with zero attached hydrogens (tertiary/aromatic N) is 1. The topological polar surface area (TPSA) is 102 Å². The van der Waals surface area contributed by atoms with Crippen molar-refractivity contribution in [3.05, 3.63) is 59.4 Å². The average Bonchev–Trinajstić information content (AvgIpc) is 2.44. The first kappa shape index (κ1) is 15.1. The van der Waals surface area contributed by atoms with Crippen LogP contribution in [0.5, 0.6) is 0 Å². The molecular weight excluding hydrogens is 290 g/mol. The zero-order valence-corrected chi connectivity index (χ0v) is 12.2. The lowest BCUT2D eigenvalue weighted by atomic mass is 10.2. The quantitative estimate of drug-likeness (QED) is 0.878. The molecule has 0 unspecified atom stereocenters. The molecule has 0 bridgehead atoms. The van der Waals surface area contributed by atoms with E-state index in [9.17, 15) is 13.2 Å². The van der Waals surface area contributed by atoms with Crippen molar-refractivity contribution in [2.45, 2.75) is 18.4 Å². The SMILES string of the molecule is Cc1cc(C(=O)NCc2cccc(S(N)(=O)=O)c2)ccn1. The molecule has 1 aromatic heterocycles. The predicted molar refractivity (Wildman–Crippen MR) is 78.0 cm³/mol. The molecule has 2 rings (SSSR count). The zero-order valence-electron chi connectivity index (χ0n) is 11.4.